The highest BCUT2D eigenvalue weighted by Gasteiger charge is 2.44. The first kappa shape index (κ1) is 18.4. The molecule has 13 heavy (non-hydrogen) atoms. The van der Waals surface area contributed by atoms with Crippen molar-refractivity contribution in [2.75, 3.05) is 21.1 Å². The van der Waals surface area contributed by atoms with E-state index in [1.165, 1.54) is 0 Å². The van der Waals surface area contributed by atoms with Crippen LogP contribution in [0.1, 0.15) is 0 Å². The van der Waals surface area contributed by atoms with E-state index >= 15 is 0 Å². The van der Waals surface area contributed by atoms with E-state index in [2.05, 4.69) is 0 Å². The molecule has 0 saturated carbocycles. The summed E-state index contributed by atoms with van der Waals surface area (Å²) in [6.45, 7) is 0. The van der Waals surface area contributed by atoms with Gasteiger partial charge in [-0.1, -0.05) is 0 Å². The first-order valence-corrected chi connectivity index (χ1v) is 4.07. The Hall–Kier alpha value is -0.380. The summed E-state index contributed by atoms with van der Waals surface area (Å²) in [5.74, 6) is 0. The van der Waals surface area contributed by atoms with Crippen molar-refractivity contribution < 1.29 is 26.1 Å². The quantitative estimate of drug-likeness (QED) is 0.469. The summed E-state index contributed by atoms with van der Waals surface area (Å²) in [5, 5.41) is 0. The fraction of sp³-hybridized carbons (Fsp3) is 1.00. The third kappa shape index (κ3) is 14.5. The van der Waals surface area contributed by atoms with E-state index in [0.29, 0.717) is 0 Å². The second-order valence-corrected chi connectivity index (χ2v) is 3.68. The topological polar surface area (TPSA) is 92.6 Å². The monoisotopic (exact) mass is 226 g/mol. The fourth-order valence-corrected chi connectivity index (χ4v) is 0. The molecular weight excluding hydrogens is 213 g/mol. The summed E-state index contributed by atoms with van der Waals surface area (Å²) in [6, 6.07) is 0. The van der Waals surface area contributed by atoms with Gasteiger partial charge in [0.05, 0.1) is 0 Å². The smallest absolute Gasteiger partial charge is 0.344 e. The molecule has 0 aliphatic rings. The number of rotatable bonds is 0. The summed E-state index contributed by atoms with van der Waals surface area (Å²) in [4.78, 5) is 2.00. The molecular formula is C4H13F3N2O3S. The maximum atomic E-state index is 10.7. The van der Waals surface area contributed by atoms with Crippen molar-refractivity contribution in [3.05, 3.63) is 0 Å². The van der Waals surface area contributed by atoms with Gasteiger partial charge in [-0.05, 0) is 21.1 Å². The van der Waals surface area contributed by atoms with Gasteiger partial charge in [0, 0.05) is 0 Å². The van der Waals surface area contributed by atoms with Gasteiger partial charge >= 0.3 is 15.6 Å². The lowest BCUT2D eigenvalue weighted by atomic mass is 11.0. The first-order chi connectivity index (χ1) is 4.98. The molecule has 0 unspecified atom stereocenters. The third-order valence-electron chi connectivity index (χ3n) is 0.292. The van der Waals surface area contributed by atoms with Crippen LogP contribution in [0.15, 0.2) is 0 Å². The normalized spacial score (nSPS) is 11.4. The minimum Gasteiger partial charge on any atom is -0.344 e. The van der Waals surface area contributed by atoms with Crippen LogP contribution in [0.5, 0.6) is 0 Å². The van der Waals surface area contributed by atoms with Crippen LogP contribution in [0, 0.1) is 0 Å². The van der Waals surface area contributed by atoms with Crippen LogP contribution in [0.25, 0.3) is 0 Å². The Morgan fingerprint density at radius 3 is 1.23 bits per heavy atom. The van der Waals surface area contributed by atoms with Crippen LogP contribution < -0.4 is 6.15 Å². The molecule has 4 N–H and O–H groups in total. The van der Waals surface area contributed by atoms with Crippen LogP contribution in [0.3, 0.4) is 0 Å². The predicted molar refractivity (Wildman–Crippen MR) is 42.2 cm³/mol. The van der Waals surface area contributed by atoms with Crippen LogP contribution >= 0.6 is 0 Å². The number of hydrogen-bond donors (Lipinski definition) is 2. The van der Waals surface area contributed by atoms with E-state index in [0.717, 1.165) is 0 Å². The maximum absolute atomic E-state index is 10.7. The van der Waals surface area contributed by atoms with E-state index in [1.807, 2.05) is 26.0 Å². The average Bonchev–Trinajstić information content (AvgIpc) is 1.55. The Balaban J connectivity index is -0.000000173. The zero-order chi connectivity index (χ0) is 10.6. The van der Waals surface area contributed by atoms with E-state index in [9.17, 15) is 13.2 Å². The molecule has 0 bridgehead atoms. The van der Waals surface area contributed by atoms with E-state index in [-0.39, 0.29) is 6.15 Å². The zero-order valence-electron chi connectivity index (χ0n) is 7.46. The maximum Gasteiger partial charge on any atom is 0.522 e. The van der Waals surface area contributed by atoms with Gasteiger partial charge in [-0.2, -0.15) is 21.6 Å². The molecule has 0 aliphatic carbocycles. The van der Waals surface area contributed by atoms with Gasteiger partial charge in [-0.15, -0.1) is 0 Å². The number of halogens is 3. The Morgan fingerprint density at radius 2 is 1.23 bits per heavy atom. The van der Waals surface area contributed by atoms with Crippen molar-refractivity contribution in [3.8, 4) is 0 Å². The van der Waals surface area contributed by atoms with E-state index in [4.69, 9.17) is 13.0 Å². The molecule has 9 heteroatoms. The summed E-state index contributed by atoms with van der Waals surface area (Å²) >= 11 is 0. The Bertz CT molecular complexity index is 208. The Morgan fingerprint density at radius 1 is 1.15 bits per heavy atom. The molecule has 0 aliphatic heterocycles. The minimum atomic E-state index is -5.84. The molecule has 0 amide bonds. The molecule has 0 aromatic heterocycles. The molecule has 84 valence electrons. The molecule has 0 aromatic rings. The first-order valence-electron chi connectivity index (χ1n) is 2.63. The lowest BCUT2D eigenvalue weighted by Gasteiger charge is -1.97. The highest BCUT2D eigenvalue weighted by atomic mass is 32.2. The molecule has 0 atom stereocenters. The minimum absolute atomic E-state index is 0. The van der Waals surface area contributed by atoms with Gasteiger partial charge in [0.2, 0.25) is 0 Å². The van der Waals surface area contributed by atoms with E-state index < -0.39 is 15.6 Å². The zero-order valence-corrected chi connectivity index (χ0v) is 8.28. The van der Waals surface area contributed by atoms with Crippen LogP contribution in [0.4, 0.5) is 13.2 Å². The van der Waals surface area contributed by atoms with Crippen molar-refractivity contribution in [1.29, 1.82) is 0 Å². The van der Waals surface area contributed by atoms with Gasteiger partial charge in [-0.3, -0.25) is 4.55 Å². The highest BCUT2D eigenvalue weighted by molar-refractivity contribution is 7.86. The number of hydrogen-bond acceptors (Lipinski definition) is 4. The standard InChI is InChI=1S/C3H9N.CHF3O3S.H3N/c1-4(2)3;2-1(3,4)8(5,6)7;/h1-3H3;(H,5,6,7);1H3. The molecule has 0 spiro atoms. The highest BCUT2D eigenvalue weighted by Crippen LogP contribution is 2.20. The third-order valence-corrected chi connectivity index (χ3v) is 0.877. The Labute approximate surface area is 74.9 Å². The molecule has 0 radical (unpaired) electrons. The number of alkyl halides is 3. The van der Waals surface area contributed by atoms with Crippen molar-refractivity contribution in [2.24, 2.45) is 0 Å². The van der Waals surface area contributed by atoms with Gasteiger partial charge < -0.3 is 11.1 Å². The summed E-state index contributed by atoms with van der Waals surface area (Å²) in [7, 11) is 0.160. The Kier molecular flexibility index (Phi) is 8.68. The largest absolute Gasteiger partial charge is 0.522 e. The summed E-state index contributed by atoms with van der Waals surface area (Å²) in [6.07, 6.45) is 0. The fourth-order valence-electron chi connectivity index (χ4n) is 0. The molecule has 0 aromatic carbocycles. The number of nitrogens with zero attached hydrogens (tertiary/aromatic N) is 1. The van der Waals surface area contributed by atoms with Crippen molar-refractivity contribution in [2.45, 2.75) is 5.51 Å². The SMILES string of the molecule is CN(C)C.N.O=S(=O)(O)C(F)(F)F. The van der Waals surface area contributed by atoms with Gasteiger partial charge in [-0.25, -0.2) is 0 Å². The van der Waals surface area contributed by atoms with Crippen molar-refractivity contribution >= 4 is 10.1 Å². The lowest BCUT2D eigenvalue weighted by Crippen LogP contribution is -2.21. The van der Waals surface area contributed by atoms with Crippen molar-refractivity contribution in [3.63, 3.8) is 0 Å². The molecule has 0 saturated heterocycles. The van der Waals surface area contributed by atoms with Gasteiger partial charge in [0.25, 0.3) is 0 Å². The van der Waals surface area contributed by atoms with Crippen LogP contribution in [-0.2, 0) is 10.1 Å². The van der Waals surface area contributed by atoms with Crippen molar-refractivity contribution in [1.82, 2.24) is 11.1 Å². The van der Waals surface area contributed by atoms with E-state index in [1.54, 1.807) is 0 Å². The predicted octanol–water partition coefficient (Wildman–Crippen LogP) is 0.734. The van der Waals surface area contributed by atoms with Crippen LogP contribution in [0.2, 0.25) is 0 Å². The second-order valence-electron chi connectivity index (χ2n) is 2.26. The summed E-state index contributed by atoms with van der Waals surface area (Å²) < 4.78 is 57.5. The van der Waals surface area contributed by atoms with Gasteiger partial charge in [0.1, 0.15) is 0 Å². The second kappa shape index (κ2) is 6.13. The van der Waals surface area contributed by atoms with Gasteiger partial charge in [0.15, 0.2) is 0 Å². The summed E-state index contributed by atoms with van der Waals surface area (Å²) in [5.41, 5.74) is -5.53. The molecule has 0 rings (SSSR count). The lowest BCUT2D eigenvalue weighted by molar-refractivity contribution is -0.0510. The molecule has 0 heterocycles. The van der Waals surface area contributed by atoms with Crippen LogP contribution in [-0.4, -0.2) is 44.5 Å². The average molecular weight is 226 g/mol. The molecule has 0 fully saturated rings. The molecule has 5 nitrogen and oxygen atoms in total.